The fraction of sp³-hybridized carbons (Fsp3) is 0.429. The highest BCUT2D eigenvalue weighted by atomic mass is 32.1. The molecule has 1 rings (SSSR count). The van der Waals surface area contributed by atoms with Crippen molar-refractivity contribution in [3.63, 3.8) is 0 Å². The molecule has 0 aliphatic carbocycles. The highest BCUT2D eigenvalue weighted by molar-refractivity contribution is 7.80. The molecule has 0 saturated carbocycles. The third-order valence-electron chi connectivity index (χ3n) is 2.67. The lowest BCUT2D eigenvalue weighted by molar-refractivity contribution is -0.144. The zero-order valence-electron chi connectivity index (χ0n) is 10.9. The van der Waals surface area contributed by atoms with Crippen LogP contribution in [-0.2, 0) is 20.7 Å². The smallest absolute Gasteiger partial charge is 0.313 e. The van der Waals surface area contributed by atoms with Gasteiger partial charge in [-0.15, -0.1) is 0 Å². The Morgan fingerprint density at radius 1 is 1.44 bits per heavy atom. The Balaban J connectivity index is 2.81. The van der Waals surface area contributed by atoms with Crippen molar-refractivity contribution in [2.75, 3.05) is 13.7 Å². The first-order chi connectivity index (χ1) is 8.58. The van der Waals surface area contributed by atoms with Crippen LogP contribution < -0.4 is 0 Å². The van der Waals surface area contributed by atoms with E-state index in [1.54, 1.807) is 14.0 Å². The second-order valence-electron chi connectivity index (χ2n) is 3.97. The van der Waals surface area contributed by atoms with E-state index in [-0.39, 0.29) is 11.9 Å². The molecular weight excluding hydrogens is 248 g/mol. The summed E-state index contributed by atoms with van der Waals surface area (Å²) in [7, 11) is 1.56. The highest BCUT2D eigenvalue weighted by Gasteiger charge is 2.16. The van der Waals surface area contributed by atoms with Gasteiger partial charge in [-0.05, 0) is 37.2 Å². The van der Waals surface area contributed by atoms with E-state index in [9.17, 15) is 4.79 Å². The average molecular weight is 266 g/mol. The van der Waals surface area contributed by atoms with E-state index < -0.39 is 0 Å². The summed E-state index contributed by atoms with van der Waals surface area (Å²) < 4.78 is 9.99. The molecule has 1 aromatic rings. The lowest BCUT2D eigenvalue weighted by atomic mass is 9.98. The Kier molecular flexibility index (Phi) is 5.78. The van der Waals surface area contributed by atoms with E-state index in [1.165, 1.54) is 0 Å². The number of methoxy groups -OCH3 is 1. The molecule has 0 aromatic heterocycles. The number of rotatable bonds is 5. The van der Waals surface area contributed by atoms with E-state index in [0.717, 1.165) is 11.1 Å². The molecule has 98 valence electrons. The number of benzene rings is 1. The van der Waals surface area contributed by atoms with E-state index in [2.05, 4.69) is 0 Å². The molecule has 0 spiro atoms. The number of hydrogen-bond acceptors (Lipinski definition) is 4. The lowest BCUT2D eigenvalue weighted by Crippen LogP contribution is -2.13. The molecule has 4 heteroatoms. The molecule has 1 atom stereocenters. The topological polar surface area (TPSA) is 35.5 Å². The van der Waals surface area contributed by atoms with Gasteiger partial charge in [-0.3, -0.25) is 4.79 Å². The Labute approximate surface area is 113 Å². The maximum atomic E-state index is 11.7. The van der Waals surface area contributed by atoms with Crippen molar-refractivity contribution < 1.29 is 14.3 Å². The zero-order chi connectivity index (χ0) is 13.5. The van der Waals surface area contributed by atoms with Crippen molar-refractivity contribution >= 4 is 23.2 Å². The second kappa shape index (κ2) is 7.11. The molecular formula is C14H18O3S. The molecule has 0 heterocycles. The summed E-state index contributed by atoms with van der Waals surface area (Å²) >= 11 is 5.03. The van der Waals surface area contributed by atoms with Gasteiger partial charge < -0.3 is 9.47 Å². The minimum atomic E-state index is -0.263. The fourth-order valence-electron chi connectivity index (χ4n) is 1.61. The molecule has 0 fully saturated rings. The SMILES string of the molecule is CCOC(=O)C(C)c1cccc(CC(=S)OC)c1. The summed E-state index contributed by atoms with van der Waals surface area (Å²) in [4.78, 5) is 11.7. The summed E-state index contributed by atoms with van der Waals surface area (Å²) in [6, 6.07) is 7.76. The molecule has 0 aliphatic rings. The van der Waals surface area contributed by atoms with Crippen LogP contribution in [0, 0.1) is 0 Å². The Bertz CT molecular complexity index is 429. The molecule has 3 nitrogen and oxygen atoms in total. The van der Waals surface area contributed by atoms with Gasteiger partial charge in [-0.25, -0.2) is 0 Å². The van der Waals surface area contributed by atoms with Gasteiger partial charge in [-0.1, -0.05) is 24.3 Å². The predicted octanol–water partition coefficient (Wildman–Crippen LogP) is 2.87. The first kappa shape index (κ1) is 14.6. The summed E-state index contributed by atoms with van der Waals surface area (Å²) in [5.74, 6) is -0.468. The van der Waals surface area contributed by atoms with E-state index >= 15 is 0 Å². The van der Waals surface area contributed by atoms with Crippen LogP contribution in [0.25, 0.3) is 0 Å². The second-order valence-corrected chi connectivity index (χ2v) is 4.43. The van der Waals surface area contributed by atoms with Crippen LogP contribution in [0.15, 0.2) is 24.3 Å². The van der Waals surface area contributed by atoms with E-state index in [4.69, 9.17) is 21.7 Å². The number of carbonyl (C=O) groups excluding carboxylic acids is 1. The van der Waals surface area contributed by atoms with Crippen LogP contribution in [-0.4, -0.2) is 24.7 Å². The van der Waals surface area contributed by atoms with Crippen LogP contribution in [0.2, 0.25) is 0 Å². The average Bonchev–Trinajstić information content (AvgIpc) is 2.38. The van der Waals surface area contributed by atoms with Gasteiger partial charge in [0.1, 0.15) is 0 Å². The van der Waals surface area contributed by atoms with Crippen molar-refractivity contribution in [1.29, 1.82) is 0 Å². The van der Waals surface area contributed by atoms with Gasteiger partial charge in [0.15, 0.2) is 5.05 Å². The van der Waals surface area contributed by atoms with E-state index in [0.29, 0.717) is 18.1 Å². The molecule has 1 aromatic carbocycles. The van der Waals surface area contributed by atoms with Crippen LogP contribution in [0.1, 0.15) is 30.9 Å². The van der Waals surface area contributed by atoms with Crippen molar-refractivity contribution in [3.05, 3.63) is 35.4 Å². The van der Waals surface area contributed by atoms with Crippen molar-refractivity contribution in [2.24, 2.45) is 0 Å². The third-order valence-corrected chi connectivity index (χ3v) is 2.98. The van der Waals surface area contributed by atoms with Gasteiger partial charge in [-0.2, -0.15) is 0 Å². The zero-order valence-corrected chi connectivity index (χ0v) is 11.8. The molecule has 0 amide bonds. The minimum Gasteiger partial charge on any atom is -0.490 e. The maximum Gasteiger partial charge on any atom is 0.313 e. The van der Waals surface area contributed by atoms with Crippen molar-refractivity contribution in [3.8, 4) is 0 Å². The van der Waals surface area contributed by atoms with Gasteiger partial charge in [0.2, 0.25) is 0 Å². The Hall–Kier alpha value is -1.42. The Morgan fingerprint density at radius 3 is 2.78 bits per heavy atom. The summed E-state index contributed by atoms with van der Waals surface area (Å²) in [6.07, 6.45) is 0.579. The fourth-order valence-corrected chi connectivity index (χ4v) is 1.78. The minimum absolute atomic E-state index is 0.205. The molecule has 18 heavy (non-hydrogen) atoms. The Morgan fingerprint density at radius 2 is 2.17 bits per heavy atom. The molecule has 1 unspecified atom stereocenters. The number of hydrogen-bond donors (Lipinski definition) is 0. The van der Waals surface area contributed by atoms with Crippen LogP contribution in [0.5, 0.6) is 0 Å². The normalized spacial score (nSPS) is 11.7. The lowest BCUT2D eigenvalue weighted by Gasteiger charge is -2.12. The van der Waals surface area contributed by atoms with Crippen LogP contribution >= 0.6 is 12.2 Å². The maximum absolute atomic E-state index is 11.7. The molecule has 0 radical (unpaired) electrons. The first-order valence-electron chi connectivity index (χ1n) is 5.90. The highest BCUT2D eigenvalue weighted by Crippen LogP contribution is 2.18. The number of ether oxygens (including phenoxy) is 2. The molecule has 0 aliphatic heterocycles. The van der Waals surface area contributed by atoms with Crippen LogP contribution in [0.4, 0.5) is 0 Å². The molecule has 0 bridgehead atoms. The largest absolute Gasteiger partial charge is 0.490 e. The molecule has 0 N–H and O–H groups in total. The summed E-state index contributed by atoms with van der Waals surface area (Å²) in [5, 5.41) is 0.538. The van der Waals surface area contributed by atoms with Gasteiger partial charge in [0, 0.05) is 6.42 Å². The monoisotopic (exact) mass is 266 g/mol. The van der Waals surface area contributed by atoms with Gasteiger partial charge in [0.05, 0.1) is 19.6 Å². The van der Waals surface area contributed by atoms with Crippen molar-refractivity contribution in [1.82, 2.24) is 0 Å². The van der Waals surface area contributed by atoms with E-state index in [1.807, 2.05) is 31.2 Å². The third kappa shape index (κ3) is 4.11. The number of esters is 1. The molecule has 0 saturated heterocycles. The van der Waals surface area contributed by atoms with Crippen molar-refractivity contribution in [2.45, 2.75) is 26.2 Å². The summed E-state index contributed by atoms with van der Waals surface area (Å²) in [6.45, 7) is 4.04. The summed E-state index contributed by atoms with van der Waals surface area (Å²) in [5.41, 5.74) is 1.97. The van der Waals surface area contributed by atoms with Gasteiger partial charge in [0.25, 0.3) is 0 Å². The predicted molar refractivity (Wildman–Crippen MR) is 74.8 cm³/mol. The quantitative estimate of drug-likeness (QED) is 0.606. The first-order valence-corrected chi connectivity index (χ1v) is 6.31. The number of thiocarbonyl (C=S) groups is 1. The standard InChI is InChI=1S/C14H18O3S/c1-4-17-14(15)10(2)12-7-5-6-11(8-12)9-13(18)16-3/h5-8,10H,4,9H2,1-3H3. The number of carbonyl (C=O) groups is 1. The van der Waals surface area contributed by atoms with Gasteiger partial charge >= 0.3 is 5.97 Å². The van der Waals surface area contributed by atoms with Crippen LogP contribution in [0.3, 0.4) is 0 Å².